The number of nitrogens with one attached hydrogen (secondary N) is 1. The first-order valence-electron chi connectivity index (χ1n) is 6.31. The Morgan fingerprint density at radius 1 is 1.38 bits per heavy atom. The highest BCUT2D eigenvalue weighted by atomic mass is 32.2. The van der Waals surface area contributed by atoms with Gasteiger partial charge in [0.05, 0.1) is 24.0 Å². The van der Waals surface area contributed by atoms with E-state index in [1.54, 1.807) is 0 Å². The molecule has 1 heterocycles. The molecule has 1 atom stereocenters. The lowest BCUT2D eigenvalue weighted by molar-refractivity contribution is -0.138. The summed E-state index contributed by atoms with van der Waals surface area (Å²) in [6.07, 6.45) is -0.446. The van der Waals surface area contributed by atoms with Crippen LogP contribution in [0.25, 0.3) is 0 Å². The van der Waals surface area contributed by atoms with Crippen molar-refractivity contribution in [1.29, 1.82) is 0 Å². The first-order chi connectivity index (χ1) is 9.66. The van der Waals surface area contributed by atoms with Crippen molar-refractivity contribution < 1.29 is 27.9 Å². The fourth-order valence-corrected chi connectivity index (χ4v) is 3.62. The van der Waals surface area contributed by atoms with Gasteiger partial charge in [-0.1, -0.05) is 0 Å². The zero-order valence-corrected chi connectivity index (χ0v) is 12.7. The molecule has 1 saturated heterocycles. The number of aliphatic carboxylic acids is 1. The van der Waals surface area contributed by atoms with E-state index in [0.717, 1.165) is 4.90 Å². The van der Waals surface area contributed by atoms with Gasteiger partial charge in [0.2, 0.25) is 5.91 Å². The van der Waals surface area contributed by atoms with Crippen LogP contribution in [0.4, 0.5) is 4.79 Å². The molecule has 9 nitrogen and oxygen atoms in total. The smallest absolute Gasteiger partial charge is 0.320 e. The molecule has 0 bridgehead atoms. The van der Waals surface area contributed by atoms with Crippen molar-refractivity contribution in [1.82, 2.24) is 15.1 Å². The monoisotopic (exact) mass is 321 g/mol. The van der Waals surface area contributed by atoms with Crippen LogP contribution in [0.15, 0.2) is 0 Å². The Kier molecular flexibility index (Phi) is 5.53. The molecule has 0 aromatic rings. The summed E-state index contributed by atoms with van der Waals surface area (Å²) >= 11 is 0. The molecule has 2 N–H and O–H groups in total. The lowest BCUT2D eigenvalue weighted by atomic mass is 10.2. The quantitative estimate of drug-likeness (QED) is 0.640. The first-order valence-corrected chi connectivity index (χ1v) is 8.13. The van der Waals surface area contributed by atoms with Crippen LogP contribution in [0.1, 0.15) is 6.42 Å². The van der Waals surface area contributed by atoms with Crippen molar-refractivity contribution in [2.24, 2.45) is 0 Å². The van der Waals surface area contributed by atoms with Gasteiger partial charge in [0.25, 0.3) is 0 Å². The molecule has 1 aliphatic heterocycles. The average Bonchev–Trinajstić information content (AvgIpc) is 2.36. The minimum atomic E-state index is -3.35. The lowest BCUT2D eigenvalue weighted by Gasteiger charge is -2.36. The summed E-state index contributed by atoms with van der Waals surface area (Å²) in [5, 5.41) is 11.2. The number of hydrogen-bond donors (Lipinski definition) is 2. The maximum absolute atomic E-state index is 12.2. The van der Waals surface area contributed by atoms with Crippen molar-refractivity contribution in [3.8, 4) is 0 Å². The molecule has 0 aliphatic carbocycles. The number of hydrogen-bond acceptors (Lipinski definition) is 5. The van der Waals surface area contributed by atoms with E-state index in [-0.39, 0.29) is 30.5 Å². The third-order valence-corrected chi connectivity index (χ3v) is 4.87. The van der Waals surface area contributed by atoms with Gasteiger partial charge in [0.15, 0.2) is 9.84 Å². The molecule has 1 unspecified atom stereocenters. The van der Waals surface area contributed by atoms with Crippen LogP contribution in [0.5, 0.6) is 0 Å². The number of amides is 3. The second-order valence-electron chi connectivity index (χ2n) is 4.87. The fourth-order valence-electron chi connectivity index (χ4n) is 2.09. The van der Waals surface area contributed by atoms with E-state index >= 15 is 0 Å². The SMILES string of the molecule is CNC(=O)CN(C)C(=O)N1CCS(=O)(=O)CC1CC(=O)O. The number of likely N-dealkylation sites (N-methyl/N-ethyl adjacent to an activating group) is 2. The number of nitrogens with zero attached hydrogens (tertiary/aromatic N) is 2. The summed E-state index contributed by atoms with van der Waals surface area (Å²) in [5.41, 5.74) is 0. The van der Waals surface area contributed by atoms with Crippen LogP contribution in [0, 0.1) is 0 Å². The highest BCUT2D eigenvalue weighted by Gasteiger charge is 2.36. The standard InChI is InChI=1S/C11H19N3O6S/c1-12-9(15)6-13(2)11(18)14-3-4-21(19,20)7-8(14)5-10(16)17/h8H,3-7H2,1-2H3,(H,12,15)(H,16,17). The molecule has 1 rings (SSSR count). The van der Waals surface area contributed by atoms with E-state index < -0.39 is 34.3 Å². The topological polar surface area (TPSA) is 124 Å². The number of carbonyl (C=O) groups excluding carboxylic acids is 2. The number of rotatable bonds is 4. The maximum atomic E-state index is 12.2. The summed E-state index contributed by atoms with van der Waals surface area (Å²) in [6.45, 7) is -0.254. The molecular formula is C11H19N3O6S. The second kappa shape index (κ2) is 6.74. The average molecular weight is 321 g/mol. The summed E-state index contributed by atoms with van der Waals surface area (Å²) < 4.78 is 23.2. The molecule has 1 fully saturated rings. The zero-order valence-electron chi connectivity index (χ0n) is 11.9. The number of urea groups is 1. The molecule has 0 radical (unpaired) electrons. The van der Waals surface area contributed by atoms with E-state index in [9.17, 15) is 22.8 Å². The minimum Gasteiger partial charge on any atom is -0.481 e. The Morgan fingerprint density at radius 3 is 2.52 bits per heavy atom. The molecule has 10 heteroatoms. The molecule has 120 valence electrons. The minimum absolute atomic E-state index is 0.0722. The van der Waals surface area contributed by atoms with Gasteiger partial charge in [-0.3, -0.25) is 9.59 Å². The molecule has 1 aliphatic rings. The highest BCUT2D eigenvalue weighted by molar-refractivity contribution is 7.91. The molecule has 0 saturated carbocycles. The molecule has 3 amide bonds. The number of carboxylic acids is 1. The van der Waals surface area contributed by atoms with Crippen LogP contribution in [0.3, 0.4) is 0 Å². The van der Waals surface area contributed by atoms with Crippen LogP contribution < -0.4 is 5.32 Å². The van der Waals surface area contributed by atoms with Gasteiger partial charge in [-0.25, -0.2) is 13.2 Å². The van der Waals surface area contributed by atoms with Crippen molar-refractivity contribution in [2.45, 2.75) is 12.5 Å². The van der Waals surface area contributed by atoms with Gasteiger partial charge in [0, 0.05) is 20.6 Å². The Labute approximate surface area is 122 Å². The normalized spacial score (nSPS) is 20.7. The number of carbonyl (C=O) groups is 3. The highest BCUT2D eigenvalue weighted by Crippen LogP contribution is 2.16. The number of sulfone groups is 1. The Morgan fingerprint density at radius 2 is 2.00 bits per heavy atom. The third kappa shape index (κ3) is 4.88. The number of carboxylic acid groups (broad SMARTS) is 1. The van der Waals surface area contributed by atoms with Crippen LogP contribution >= 0.6 is 0 Å². The van der Waals surface area contributed by atoms with Crippen molar-refractivity contribution >= 4 is 27.7 Å². The zero-order chi connectivity index (χ0) is 16.2. The molecule has 21 heavy (non-hydrogen) atoms. The molecular weight excluding hydrogens is 302 g/mol. The van der Waals surface area contributed by atoms with E-state index in [1.165, 1.54) is 19.0 Å². The summed E-state index contributed by atoms with van der Waals surface area (Å²) in [6, 6.07) is -1.47. The van der Waals surface area contributed by atoms with E-state index in [4.69, 9.17) is 5.11 Å². The van der Waals surface area contributed by atoms with Crippen LogP contribution in [-0.4, -0.2) is 86.0 Å². The maximum Gasteiger partial charge on any atom is 0.320 e. The van der Waals surface area contributed by atoms with E-state index in [2.05, 4.69) is 5.32 Å². The second-order valence-corrected chi connectivity index (χ2v) is 7.10. The fraction of sp³-hybridized carbons (Fsp3) is 0.727. The van der Waals surface area contributed by atoms with Gasteiger partial charge in [-0.15, -0.1) is 0 Å². The van der Waals surface area contributed by atoms with Gasteiger partial charge >= 0.3 is 12.0 Å². The first kappa shape index (κ1) is 17.2. The summed E-state index contributed by atoms with van der Waals surface area (Å²) in [4.78, 5) is 36.7. The Hall–Kier alpha value is -1.84. The van der Waals surface area contributed by atoms with Crippen molar-refractivity contribution in [2.75, 3.05) is 38.7 Å². The predicted octanol–water partition coefficient (Wildman–Crippen LogP) is -1.64. The Balaban J connectivity index is 2.84. The molecule has 0 aromatic carbocycles. The van der Waals surface area contributed by atoms with Crippen LogP contribution in [-0.2, 0) is 19.4 Å². The molecule has 0 spiro atoms. The van der Waals surface area contributed by atoms with Gasteiger partial charge in [-0.2, -0.15) is 0 Å². The summed E-state index contributed by atoms with van der Waals surface area (Å²) in [5.74, 6) is -2.13. The lowest BCUT2D eigenvalue weighted by Crippen LogP contribution is -2.56. The molecule has 0 aromatic heterocycles. The predicted molar refractivity (Wildman–Crippen MR) is 73.5 cm³/mol. The van der Waals surface area contributed by atoms with Crippen LogP contribution in [0.2, 0.25) is 0 Å². The van der Waals surface area contributed by atoms with Crippen molar-refractivity contribution in [3.05, 3.63) is 0 Å². The van der Waals surface area contributed by atoms with Gasteiger partial charge < -0.3 is 20.2 Å². The summed E-state index contributed by atoms with van der Waals surface area (Å²) in [7, 11) is -0.519. The van der Waals surface area contributed by atoms with Crippen molar-refractivity contribution in [3.63, 3.8) is 0 Å². The van der Waals surface area contributed by atoms with E-state index in [1.807, 2.05) is 0 Å². The third-order valence-electron chi connectivity index (χ3n) is 3.17. The largest absolute Gasteiger partial charge is 0.481 e. The van der Waals surface area contributed by atoms with Gasteiger partial charge in [0.1, 0.15) is 6.54 Å². The van der Waals surface area contributed by atoms with Gasteiger partial charge in [-0.05, 0) is 0 Å². The van der Waals surface area contributed by atoms with E-state index in [0.29, 0.717) is 0 Å². The Bertz CT molecular complexity index is 532.